The lowest BCUT2D eigenvalue weighted by atomic mass is 10.1. The first kappa shape index (κ1) is 10.0. The summed E-state index contributed by atoms with van der Waals surface area (Å²) >= 11 is 3.38. The normalized spacial score (nSPS) is 16.9. The summed E-state index contributed by atoms with van der Waals surface area (Å²) in [5, 5.41) is 14.3. The molecule has 0 spiro atoms. The van der Waals surface area contributed by atoms with Crippen LogP contribution in [0.5, 0.6) is 0 Å². The number of nitriles is 1. The Morgan fingerprint density at radius 1 is 1.44 bits per heavy atom. The van der Waals surface area contributed by atoms with E-state index in [1.165, 1.54) is 4.88 Å². The van der Waals surface area contributed by atoms with E-state index < -0.39 is 0 Å². The number of hydrogen-bond donors (Lipinski definition) is 0. The van der Waals surface area contributed by atoms with Crippen LogP contribution in [0.3, 0.4) is 0 Å². The molecular formula is C12H10N2S2. The van der Waals surface area contributed by atoms with Crippen molar-refractivity contribution in [3.8, 4) is 16.6 Å². The lowest BCUT2D eigenvalue weighted by Gasteiger charge is -1.99. The van der Waals surface area contributed by atoms with Gasteiger partial charge >= 0.3 is 0 Å². The molecular weight excluding hydrogens is 236 g/mol. The molecule has 1 saturated carbocycles. The molecule has 0 N–H and O–H groups in total. The number of aromatic nitrogens is 1. The van der Waals surface area contributed by atoms with Gasteiger partial charge in [0.25, 0.3) is 0 Å². The standard InChI is InChI=1S/C12H10N2S2/c13-8-12(3-4-12)6-11-14-9(7-16-11)10-2-1-5-15-10/h1-2,5,7H,3-4,6H2. The second-order valence-corrected chi connectivity index (χ2v) is 6.06. The summed E-state index contributed by atoms with van der Waals surface area (Å²) in [5.41, 5.74) is 0.980. The van der Waals surface area contributed by atoms with Crippen LogP contribution >= 0.6 is 22.7 Å². The van der Waals surface area contributed by atoms with Gasteiger partial charge in [0.1, 0.15) is 0 Å². The first-order chi connectivity index (χ1) is 7.81. The van der Waals surface area contributed by atoms with Crippen LogP contribution in [0.4, 0.5) is 0 Å². The van der Waals surface area contributed by atoms with Gasteiger partial charge in [0, 0.05) is 11.8 Å². The molecule has 0 radical (unpaired) electrons. The van der Waals surface area contributed by atoms with Gasteiger partial charge in [-0.15, -0.1) is 22.7 Å². The average molecular weight is 246 g/mol. The highest BCUT2D eigenvalue weighted by molar-refractivity contribution is 7.14. The molecule has 0 atom stereocenters. The number of thiazole rings is 1. The van der Waals surface area contributed by atoms with Crippen LogP contribution in [0.1, 0.15) is 17.8 Å². The summed E-state index contributed by atoms with van der Waals surface area (Å²) < 4.78 is 0. The Balaban J connectivity index is 1.81. The van der Waals surface area contributed by atoms with Gasteiger partial charge in [0.15, 0.2) is 0 Å². The topological polar surface area (TPSA) is 36.7 Å². The molecule has 2 aromatic heterocycles. The molecule has 0 aliphatic heterocycles. The highest BCUT2D eigenvalue weighted by Gasteiger charge is 2.43. The number of rotatable bonds is 3. The zero-order valence-electron chi connectivity index (χ0n) is 8.64. The Hall–Kier alpha value is -1.18. The minimum Gasteiger partial charge on any atom is -0.240 e. The molecule has 80 valence electrons. The van der Waals surface area contributed by atoms with Gasteiger partial charge in [0.2, 0.25) is 0 Å². The monoisotopic (exact) mass is 246 g/mol. The molecule has 2 nitrogen and oxygen atoms in total. The summed E-state index contributed by atoms with van der Waals surface area (Å²) in [6.07, 6.45) is 2.91. The van der Waals surface area contributed by atoms with Crippen molar-refractivity contribution in [1.82, 2.24) is 4.98 Å². The fourth-order valence-electron chi connectivity index (χ4n) is 1.70. The number of thiophene rings is 1. The average Bonchev–Trinajstić information content (AvgIpc) is 2.72. The van der Waals surface area contributed by atoms with E-state index >= 15 is 0 Å². The Morgan fingerprint density at radius 2 is 2.31 bits per heavy atom. The van der Waals surface area contributed by atoms with E-state index in [4.69, 9.17) is 5.26 Å². The van der Waals surface area contributed by atoms with Crippen LogP contribution in [-0.2, 0) is 6.42 Å². The second-order valence-electron chi connectivity index (χ2n) is 4.17. The Morgan fingerprint density at radius 3 is 2.94 bits per heavy atom. The quantitative estimate of drug-likeness (QED) is 0.827. The van der Waals surface area contributed by atoms with Gasteiger partial charge in [0.05, 0.1) is 27.1 Å². The van der Waals surface area contributed by atoms with Gasteiger partial charge in [-0.3, -0.25) is 0 Å². The third-order valence-corrected chi connectivity index (χ3v) is 4.65. The van der Waals surface area contributed by atoms with E-state index in [1.807, 2.05) is 6.07 Å². The molecule has 2 aromatic rings. The third kappa shape index (κ3) is 1.77. The SMILES string of the molecule is N#CC1(Cc2nc(-c3cccs3)cs2)CC1. The van der Waals surface area contributed by atoms with Crippen molar-refractivity contribution in [2.24, 2.45) is 5.41 Å². The minimum atomic E-state index is -0.0788. The molecule has 1 aliphatic carbocycles. The predicted molar refractivity (Wildman–Crippen MR) is 66.4 cm³/mol. The molecule has 1 fully saturated rings. The van der Waals surface area contributed by atoms with Crippen molar-refractivity contribution in [3.63, 3.8) is 0 Å². The van der Waals surface area contributed by atoms with Gasteiger partial charge in [-0.05, 0) is 24.3 Å². The summed E-state index contributed by atoms with van der Waals surface area (Å²) in [5.74, 6) is 0. The first-order valence-electron chi connectivity index (χ1n) is 5.21. The molecule has 4 heteroatoms. The number of hydrogen-bond acceptors (Lipinski definition) is 4. The van der Waals surface area contributed by atoms with Gasteiger partial charge < -0.3 is 0 Å². The maximum Gasteiger partial charge on any atom is 0.0948 e. The van der Waals surface area contributed by atoms with Gasteiger partial charge in [-0.2, -0.15) is 5.26 Å². The van der Waals surface area contributed by atoms with E-state index in [2.05, 4.69) is 27.9 Å². The lowest BCUT2D eigenvalue weighted by molar-refractivity contribution is 0.662. The highest BCUT2D eigenvalue weighted by atomic mass is 32.1. The van der Waals surface area contributed by atoms with Crippen molar-refractivity contribution in [2.75, 3.05) is 0 Å². The molecule has 16 heavy (non-hydrogen) atoms. The molecule has 0 unspecified atom stereocenters. The van der Waals surface area contributed by atoms with Crippen molar-refractivity contribution in [2.45, 2.75) is 19.3 Å². The Labute approximate surface area is 102 Å². The van der Waals surface area contributed by atoms with E-state index in [0.717, 1.165) is 30.0 Å². The zero-order chi connectivity index (χ0) is 11.0. The summed E-state index contributed by atoms with van der Waals surface area (Å²) in [6, 6.07) is 6.54. The largest absolute Gasteiger partial charge is 0.240 e. The third-order valence-electron chi connectivity index (χ3n) is 2.91. The molecule has 0 bridgehead atoms. The van der Waals surface area contributed by atoms with E-state index in [9.17, 15) is 0 Å². The van der Waals surface area contributed by atoms with Gasteiger partial charge in [-0.1, -0.05) is 6.07 Å². The minimum absolute atomic E-state index is 0.0788. The Kier molecular flexibility index (Phi) is 2.31. The molecule has 2 heterocycles. The summed E-state index contributed by atoms with van der Waals surface area (Å²) in [7, 11) is 0. The number of nitrogens with zero attached hydrogens (tertiary/aromatic N) is 2. The van der Waals surface area contributed by atoms with Crippen molar-refractivity contribution in [3.05, 3.63) is 27.9 Å². The molecule has 0 saturated heterocycles. The van der Waals surface area contributed by atoms with Crippen LogP contribution in [-0.4, -0.2) is 4.98 Å². The molecule has 1 aliphatic rings. The van der Waals surface area contributed by atoms with Crippen LogP contribution in [0.15, 0.2) is 22.9 Å². The summed E-state index contributed by atoms with van der Waals surface area (Å²) in [4.78, 5) is 5.82. The van der Waals surface area contributed by atoms with E-state index in [0.29, 0.717) is 0 Å². The van der Waals surface area contributed by atoms with E-state index in [1.54, 1.807) is 22.7 Å². The second kappa shape index (κ2) is 3.69. The zero-order valence-corrected chi connectivity index (χ0v) is 10.3. The lowest BCUT2D eigenvalue weighted by Crippen LogP contribution is -2.00. The van der Waals surface area contributed by atoms with Crippen LogP contribution in [0, 0.1) is 16.7 Å². The molecule has 0 amide bonds. The van der Waals surface area contributed by atoms with Crippen LogP contribution in [0.25, 0.3) is 10.6 Å². The van der Waals surface area contributed by atoms with Crippen molar-refractivity contribution < 1.29 is 0 Å². The fourth-order valence-corrected chi connectivity index (χ4v) is 3.40. The maximum absolute atomic E-state index is 9.04. The summed E-state index contributed by atoms with van der Waals surface area (Å²) in [6.45, 7) is 0. The predicted octanol–water partition coefficient (Wildman–Crippen LogP) is 3.72. The van der Waals surface area contributed by atoms with E-state index in [-0.39, 0.29) is 5.41 Å². The van der Waals surface area contributed by atoms with Gasteiger partial charge in [-0.25, -0.2) is 4.98 Å². The Bertz CT molecular complexity index is 530. The van der Waals surface area contributed by atoms with Crippen LogP contribution < -0.4 is 0 Å². The van der Waals surface area contributed by atoms with Crippen molar-refractivity contribution in [1.29, 1.82) is 5.26 Å². The first-order valence-corrected chi connectivity index (χ1v) is 6.97. The van der Waals surface area contributed by atoms with Crippen LogP contribution in [0.2, 0.25) is 0 Å². The highest BCUT2D eigenvalue weighted by Crippen LogP contribution is 2.48. The molecule has 3 rings (SSSR count). The van der Waals surface area contributed by atoms with Crippen molar-refractivity contribution >= 4 is 22.7 Å². The maximum atomic E-state index is 9.04. The molecule has 0 aromatic carbocycles. The smallest absolute Gasteiger partial charge is 0.0948 e. The fraction of sp³-hybridized carbons (Fsp3) is 0.333.